The molecule has 2 heterocycles. The van der Waals surface area contributed by atoms with Gasteiger partial charge in [-0.25, -0.2) is 0 Å². The monoisotopic (exact) mass is 340 g/mol. The van der Waals surface area contributed by atoms with Crippen LogP contribution in [0.25, 0.3) is 0 Å². The number of rotatable bonds is 7. The van der Waals surface area contributed by atoms with E-state index in [0.717, 1.165) is 47.5 Å². The highest BCUT2D eigenvalue weighted by Crippen LogP contribution is 2.23. The fourth-order valence-corrected chi connectivity index (χ4v) is 2.76. The van der Waals surface area contributed by atoms with E-state index in [1.807, 2.05) is 15.6 Å². The van der Waals surface area contributed by atoms with Gasteiger partial charge in [-0.05, 0) is 35.7 Å². The summed E-state index contributed by atoms with van der Waals surface area (Å²) in [4.78, 5) is 0. The Kier molecular flexibility index (Phi) is 5.23. The summed E-state index contributed by atoms with van der Waals surface area (Å²) < 4.78 is 10.8. The van der Waals surface area contributed by atoms with Gasteiger partial charge in [0.25, 0.3) is 0 Å². The second-order valence-electron chi connectivity index (χ2n) is 4.60. The summed E-state index contributed by atoms with van der Waals surface area (Å²) in [6.07, 6.45) is 5.67. The van der Waals surface area contributed by atoms with Gasteiger partial charge in [-0.1, -0.05) is 13.8 Å². The zero-order valence-corrected chi connectivity index (χ0v) is 13.9. The lowest BCUT2D eigenvalue weighted by Gasteiger charge is -2.06. The molecule has 0 atom stereocenters. The number of hydrogen-bond donors (Lipinski definition) is 0. The smallest absolute Gasteiger partial charge is 0.157 e. The quantitative estimate of drug-likeness (QED) is 0.775. The maximum atomic E-state index is 5.83. The number of hydrogen-bond acceptors (Lipinski definition) is 3. The first-order valence-electron chi connectivity index (χ1n) is 7.08. The normalized spacial score (nSPS) is 11.0. The molecule has 0 spiro atoms. The van der Waals surface area contributed by atoms with E-state index in [0.29, 0.717) is 6.61 Å². The van der Waals surface area contributed by atoms with Gasteiger partial charge < -0.3 is 4.74 Å². The summed E-state index contributed by atoms with van der Waals surface area (Å²) in [7, 11) is 0. The summed E-state index contributed by atoms with van der Waals surface area (Å²) in [5.74, 6) is 0.798. The van der Waals surface area contributed by atoms with Crippen LogP contribution >= 0.6 is 15.9 Å². The van der Waals surface area contributed by atoms with Gasteiger partial charge in [0.2, 0.25) is 0 Å². The third kappa shape index (κ3) is 3.23. The molecule has 0 saturated carbocycles. The van der Waals surface area contributed by atoms with E-state index in [1.165, 1.54) is 0 Å². The van der Waals surface area contributed by atoms with Gasteiger partial charge in [-0.2, -0.15) is 10.2 Å². The summed E-state index contributed by atoms with van der Waals surface area (Å²) in [5, 5.41) is 8.82. The zero-order chi connectivity index (χ0) is 14.5. The van der Waals surface area contributed by atoms with Crippen LogP contribution in [-0.2, 0) is 26.1 Å². The summed E-state index contributed by atoms with van der Waals surface area (Å²) >= 11 is 3.62. The van der Waals surface area contributed by atoms with E-state index in [1.54, 1.807) is 6.20 Å². The molecular formula is C14H21BrN4O. The largest absolute Gasteiger partial charge is 0.484 e. The topological polar surface area (TPSA) is 44.9 Å². The highest BCUT2D eigenvalue weighted by Gasteiger charge is 2.14. The Hall–Kier alpha value is -1.30. The van der Waals surface area contributed by atoms with Gasteiger partial charge in [-0.15, -0.1) is 0 Å². The van der Waals surface area contributed by atoms with Crippen LogP contribution in [0, 0.1) is 0 Å². The van der Waals surface area contributed by atoms with Crippen molar-refractivity contribution >= 4 is 15.9 Å². The van der Waals surface area contributed by atoms with Crippen molar-refractivity contribution in [2.24, 2.45) is 0 Å². The lowest BCUT2D eigenvalue weighted by molar-refractivity contribution is 0.291. The van der Waals surface area contributed by atoms with Crippen LogP contribution in [0.1, 0.15) is 38.6 Å². The molecule has 0 unspecified atom stereocenters. The number of nitrogens with zero attached hydrogens (tertiary/aromatic N) is 4. The summed E-state index contributed by atoms with van der Waals surface area (Å²) in [5.41, 5.74) is 2.15. The number of halogens is 1. The van der Waals surface area contributed by atoms with Gasteiger partial charge in [0.1, 0.15) is 6.61 Å². The predicted molar refractivity (Wildman–Crippen MR) is 81.8 cm³/mol. The minimum atomic E-state index is 0.499. The molecule has 0 amide bonds. The van der Waals surface area contributed by atoms with E-state index >= 15 is 0 Å². The first-order valence-corrected chi connectivity index (χ1v) is 7.88. The second kappa shape index (κ2) is 6.92. The molecule has 2 rings (SSSR count). The Balaban J connectivity index is 2.07. The number of aryl methyl sites for hydroxylation is 3. The van der Waals surface area contributed by atoms with E-state index in [4.69, 9.17) is 4.74 Å². The van der Waals surface area contributed by atoms with Crippen LogP contribution in [0.2, 0.25) is 0 Å². The van der Waals surface area contributed by atoms with E-state index in [-0.39, 0.29) is 0 Å². The molecule has 0 N–H and O–H groups in total. The van der Waals surface area contributed by atoms with Crippen molar-refractivity contribution in [3.8, 4) is 5.75 Å². The standard InChI is InChI=1S/C14H21BrN4O/c1-4-7-18-9-11(8-16-18)20-10-13-14(15)12(5-2)17-19(13)6-3/h8-9H,4-7,10H2,1-3H3. The first-order chi connectivity index (χ1) is 9.69. The number of aromatic nitrogens is 4. The van der Waals surface area contributed by atoms with Crippen LogP contribution in [0.15, 0.2) is 16.9 Å². The maximum absolute atomic E-state index is 5.83. The van der Waals surface area contributed by atoms with Gasteiger partial charge in [0, 0.05) is 13.1 Å². The highest BCUT2D eigenvalue weighted by atomic mass is 79.9. The van der Waals surface area contributed by atoms with E-state index in [2.05, 4.69) is 46.9 Å². The van der Waals surface area contributed by atoms with E-state index in [9.17, 15) is 0 Å². The molecule has 0 radical (unpaired) electrons. The average Bonchev–Trinajstić information content (AvgIpc) is 3.01. The fourth-order valence-electron chi connectivity index (χ4n) is 2.08. The lowest BCUT2D eigenvalue weighted by atomic mass is 10.3. The second-order valence-corrected chi connectivity index (χ2v) is 5.40. The molecule has 0 aliphatic heterocycles. The van der Waals surface area contributed by atoms with Crippen LogP contribution in [0.4, 0.5) is 0 Å². The molecule has 6 heteroatoms. The summed E-state index contributed by atoms with van der Waals surface area (Å²) in [6.45, 7) is 8.57. The molecule has 0 fully saturated rings. The number of ether oxygens (including phenoxy) is 1. The Labute approximate surface area is 128 Å². The van der Waals surface area contributed by atoms with Crippen LogP contribution in [-0.4, -0.2) is 19.6 Å². The highest BCUT2D eigenvalue weighted by molar-refractivity contribution is 9.10. The lowest BCUT2D eigenvalue weighted by Crippen LogP contribution is -2.06. The maximum Gasteiger partial charge on any atom is 0.157 e. The molecule has 0 aromatic carbocycles. The molecule has 0 aliphatic rings. The van der Waals surface area contributed by atoms with E-state index < -0.39 is 0 Å². The molecule has 2 aromatic rings. The van der Waals surface area contributed by atoms with Gasteiger partial charge in [0.05, 0.1) is 28.3 Å². The predicted octanol–water partition coefficient (Wildman–Crippen LogP) is 3.41. The van der Waals surface area contributed by atoms with Crippen molar-refractivity contribution in [2.45, 2.75) is 53.3 Å². The van der Waals surface area contributed by atoms with Gasteiger partial charge >= 0.3 is 0 Å². The molecule has 110 valence electrons. The van der Waals surface area contributed by atoms with Crippen LogP contribution in [0.5, 0.6) is 5.75 Å². The molecular weight excluding hydrogens is 320 g/mol. The molecule has 0 aliphatic carbocycles. The Morgan fingerprint density at radius 2 is 2.10 bits per heavy atom. The van der Waals surface area contributed by atoms with Crippen molar-refractivity contribution in [1.82, 2.24) is 19.6 Å². The van der Waals surface area contributed by atoms with Crippen molar-refractivity contribution in [1.29, 1.82) is 0 Å². The SMILES string of the molecule is CCCn1cc(OCc2c(Br)c(CC)nn2CC)cn1. The van der Waals surface area contributed by atoms with Crippen LogP contribution in [0.3, 0.4) is 0 Å². The van der Waals surface area contributed by atoms with Crippen molar-refractivity contribution in [3.05, 3.63) is 28.3 Å². The Bertz CT molecular complexity index is 562. The molecule has 0 bridgehead atoms. The first kappa shape index (κ1) is 15.1. The minimum Gasteiger partial charge on any atom is -0.484 e. The third-order valence-electron chi connectivity index (χ3n) is 3.13. The molecule has 0 saturated heterocycles. The Morgan fingerprint density at radius 1 is 1.30 bits per heavy atom. The Morgan fingerprint density at radius 3 is 2.75 bits per heavy atom. The van der Waals surface area contributed by atoms with Crippen LogP contribution < -0.4 is 4.74 Å². The molecule has 20 heavy (non-hydrogen) atoms. The van der Waals surface area contributed by atoms with Gasteiger partial charge in [0.15, 0.2) is 5.75 Å². The van der Waals surface area contributed by atoms with Gasteiger partial charge in [-0.3, -0.25) is 9.36 Å². The molecule has 2 aromatic heterocycles. The molecule has 5 nitrogen and oxygen atoms in total. The zero-order valence-electron chi connectivity index (χ0n) is 12.3. The van der Waals surface area contributed by atoms with Crippen molar-refractivity contribution in [3.63, 3.8) is 0 Å². The minimum absolute atomic E-state index is 0.499. The third-order valence-corrected chi connectivity index (χ3v) is 4.05. The average molecular weight is 341 g/mol. The fraction of sp³-hybridized carbons (Fsp3) is 0.571. The van der Waals surface area contributed by atoms with Crippen molar-refractivity contribution in [2.75, 3.05) is 0 Å². The van der Waals surface area contributed by atoms with Crippen molar-refractivity contribution < 1.29 is 4.74 Å². The summed E-state index contributed by atoms with van der Waals surface area (Å²) in [6, 6.07) is 0.